The van der Waals surface area contributed by atoms with Gasteiger partial charge in [-0.15, -0.1) is 0 Å². The molecule has 4 aliphatic carbocycles. The predicted octanol–water partition coefficient (Wildman–Crippen LogP) is 5.48. The second-order valence-electron chi connectivity index (χ2n) is 11.7. The Morgan fingerprint density at radius 1 is 1.14 bits per heavy atom. The van der Waals surface area contributed by atoms with Crippen LogP contribution in [0.25, 0.3) is 0 Å². The summed E-state index contributed by atoms with van der Waals surface area (Å²) in [5.74, 6) is 3.52. The van der Waals surface area contributed by atoms with E-state index in [4.69, 9.17) is 16.6 Å². The van der Waals surface area contributed by atoms with E-state index in [1.165, 1.54) is 43.4 Å². The molecular formula is C28H35ClN4O2. The number of aryl methyl sites for hydroxylation is 1. The minimum atomic E-state index is -0.217. The summed E-state index contributed by atoms with van der Waals surface area (Å²) in [7, 11) is 1.71. The van der Waals surface area contributed by atoms with E-state index < -0.39 is 0 Å². The molecule has 5 aliphatic rings. The minimum absolute atomic E-state index is 0.102. The maximum atomic E-state index is 13.9. The fraction of sp³-hybridized carbons (Fsp3) is 0.607. The van der Waals surface area contributed by atoms with Crippen LogP contribution in [0.2, 0.25) is 5.02 Å². The molecule has 1 atom stereocenters. The third-order valence-corrected chi connectivity index (χ3v) is 9.56. The molecule has 1 aromatic heterocycles. The number of carbonyl (C=O) groups excluding carboxylic acids is 2. The van der Waals surface area contributed by atoms with Crippen LogP contribution < -0.4 is 10.2 Å². The number of rotatable bonds is 5. The number of imidazole rings is 1. The molecule has 186 valence electrons. The van der Waals surface area contributed by atoms with Gasteiger partial charge in [-0.3, -0.25) is 14.5 Å². The second-order valence-corrected chi connectivity index (χ2v) is 12.1. The summed E-state index contributed by atoms with van der Waals surface area (Å²) in [5.41, 5.74) is 1.23. The summed E-state index contributed by atoms with van der Waals surface area (Å²) in [6.45, 7) is 2.97. The van der Waals surface area contributed by atoms with E-state index in [1.807, 2.05) is 4.57 Å². The smallest absolute Gasteiger partial charge is 0.272 e. The van der Waals surface area contributed by atoms with Crippen molar-refractivity contribution in [1.82, 2.24) is 14.9 Å². The van der Waals surface area contributed by atoms with Gasteiger partial charge in [0, 0.05) is 36.6 Å². The van der Waals surface area contributed by atoms with Gasteiger partial charge in [-0.2, -0.15) is 0 Å². The van der Waals surface area contributed by atoms with Crippen molar-refractivity contribution < 1.29 is 9.59 Å². The topological polar surface area (TPSA) is 67.2 Å². The largest absolute Gasteiger partial charge is 0.348 e. The van der Waals surface area contributed by atoms with Gasteiger partial charge in [0.1, 0.15) is 5.82 Å². The number of halogens is 1. The number of nitrogens with one attached hydrogen (secondary N) is 1. The van der Waals surface area contributed by atoms with Gasteiger partial charge in [-0.1, -0.05) is 17.7 Å². The number of hydrogen-bond acceptors (Lipinski definition) is 3. The van der Waals surface area contributed by atoms with E-state index in [0.717, 1.165) is 49.4 Å². The number of fused-ring (bicyclic) bond motifs is 1. The molecular weight excluding hydrogens is 460 g/mol. The molecule has 7 heteroatoms. The first kappa shape index (κ1) is 23.1. The highest BCUT2D eigenvalue weighted by Crippen LogP contribution is 2.61. The number of aromatic nitrogens is 2. The molecule has 7 rings (SSSR count). The van der Waals surface area contributed by atoms with Crippen LogP contribution in [0.15, 0.2) is 24.3 Å². The zero-order chi connectivity index (χ0) is 24.3. The minimum Gasteiger partial charge on any atom is -0.348 e. The normalized spacial score (nSPS) is 29.5. The number of nitrogens with zero attached hydrogens (tertiary/aromatic N) is 3. The van der Waals surface area contributed by atoms with Gasteiger partial charge < -0.3 is 9.88 Å². The van der Waals surface area contributed by atoms with Crippen molar-refractivity contribution in [2.24, 2.45) is 23.2 Å². The van der Waals surface area contributed by atoms with Gasteiger partial charge >= 0.3 is 0 Å². The number of benzene rings is 1. The Hall–Kier alpha value is -2.34. The molecule has 0 radical (unpaired) electrons. The first-order valence-electron chi connectivity index (χ1n) is 13.3. The zero-order valence-corrected chi connectivity index (χ0v) is 21.5. The number of anilines is 1. The average Bonchev–Trinajstić information content (AvgIpc) is 3.22. The van der Waals surface area contributed by atoms with Gasteiger partial charge in [-0.05, 0) is 99.7 Å². The van der Waals surface area contributed by atoms with E-state index in [1.54, 1.807) is 31.3 Å². The van der Waals surface area contributed by atoms with E-state index in [-0.39, 0.29) is 23.3 Å². The van der Waals surface area contributed by atoms with E-state index >= 15 is 0 Å². The highest BCUT2D eigenvalue weighted by Gasteiger charge is 2.53. The first-order valence-corrected chi connectivity index (χ1v) is 13.6. The summed E-state index contributed by atoms with van der Waals surface area (Å²) in [4.78, 5) is 33.5. The monoisotopic (exact) mass is 494 g/mol. The SMILES string of the molecule is CC(NC(=O)c1c(N(C)C(=O)c2cccc(Cl)c2)nc2n1CCCC2)C12CC3CC(CC(C3)C1)C2. The molecule has 4 saturated carbocycles. The second kappa shape index (κ2) is 8.65. The first-order chi connectivity index (χ1) is 16.8. The Labute approximate surface area is 212 Å². The van der Waals surface area contributed by atoms with Crippen molar-refractivity contribution in [2.45, 2.75) is 77.3 Å². The number of carbonyl (C=O) groups is 2. The third-order valence-electron chi connectivity index (χ3n) is 9.32. The Morgan fingerprint density at radius 3 is 2.49 bits per heavy atom. The Kier molecular flexibility index (Phi) is 5.70. The Bertz CT molecular complexity index is 1140. The van der Waals surface area contributed by atoms with Crippen molar-refractivity contribution in [3.63, 3.8) is 0 Å². The lowest BCUT2D eigenvalue weighted by Crippen LogP contribution is -2.56. The maximum absolute atomic E-state index is 13.9. The van der Waals surface area contributed by atoms with Gasteiger partial charge in [-0.25, -0.2) is 4.98 Å². The molecule has 4 fully saturated rings. The van der Waals surface area contributed by atoms with Crippen LogP contribution in [0.1, 0.15) is 85.0 Å². The molecule has 35 heavy (non-hydrogen) atoms. The van der Waals surface area contributed by atoms with Crippen molar-refractivity contribution in [3.8, 4) is 0 Å². The standard InChI is InChI=1S/C28H35ClN4O2/c1-17(28-14-18-10-19(15-28)12-20(11-18)16-28)30-26(34)24-25(31-23-8-3-4-9-33(23)24)32(2)27(35)21-6-5-7-22(29)13-21/h5-7,13,17-20H,3-4,8-12,14-16H2,1-2H3,(H,30,34). The lowest BCUT2D eigenvalue weighted by molar-refractivity contribution is -0.0688. The summed E-state index contributed by atoms with van der Waals surface area (Å²) < 4.78 is 2.04. The molecule has 1 N–H and O–H groups in total. The maximum Gasteiger partial charge on any atom is 0.272 e. The molecule has 6 nitrogen and oxygen atoms in total. The van der Waals surface area contributed by atoms with Gasteiger partial charge in [0.25, 0.3) is 11.8 Å². The quantitative estimate of drug-likeness (QED) is 0.598. The lowest BCUT2D eigenvalue weighted by atomic mass is 9.48. The lowest BCUT2D eigenvalue weighted by Gasteiger charge is -2.59. The molecule has 2 aromatic rings. The highest BCUT2D eigenvalue weighted by atomic mass is 35.5. The molecule has 0 saturated heterocycles. The number of hydrogen-bond donors (Lipinski definition) is 1. The van der Waals surface area contributed by atoms with Gasteiger partial charge in [0.2, 0.25) is 0 Å². The van der Waals surface area contributed by atoms with E-state index in [9.17, 15) is 9.59 Å². The van der Waals surface area contributed by atoms with Crippen molar-refractivity contribution >= 4 is 29.2 Å². The third kappa shape index (κ3) is 3.98. The van der Waals surface area contributed by atoms with Crippen LogP contribution in [0, 0.1) is 23.2 Å². The van der Waals surface area contributed by atoms with Crippen LogP contribution in [0.5, 0.6) is 0 Å². The molecule has 0 spiro atoms. The number of amides is 2. The summed E-state index contributed by atoms with van der Waals surface area (Å²) in [5, 5.41) is 3.92. The average molecular weight is 495 g/mol. The van der Waals surface area contributed by atoms with Crippen molar-refractivity contribution in [1.29, 1.82) is 0 Å². The molecule has 1 unspecified atom stereocenters. The summed E-state index contributed by atoms with van der Waals surface area (Å²) in [6.07, 6.45) is 10.8. The van der Waals surface area contributed by atoms with Crippen LogP contribution >= 0.6 is 11.6 Å². The van der Waals surface area contributed by atoms with Crippen molar-refractivity contribution in [2.75, 3.05) is 11.9 Å². The van der Waals surface area contributed by atoms with Gasteiger partial charge in [0.05, 0.1) is 0 Å². The molecule has 2 heterocycles. The van der Waals surface area contributed by atoms with Crippen molar-refractivity contribution in [3.05, 3.63) is 46.4 Å². The van der Waals surface area contributed by atoms with Crippen LogP contribution in [-0.4, -0.2) is 34.5 Å². The van der Waals surface area contributed by atoms with Crippen LogP contribution in [0.3, 0.4) is 0 Å². The fourth-order valence-electron chi connectivity index (χ4n) is 7.97. The van der Waals surface area contributed by atoms with Crippen LogP contribution in [0.4, 0.5) is 5.82 Å². The predicted molar refractivity (Wildman–Crippen MR) is 137 cm³/mol. The molecule has 1 aromatic carbocycles. The zero-order valence-electron chi connectivity index (χ0n) is 20.7. The molecule has 1 aliphatic heterocycles. The van der Waals surface area contributed by atoms with E-state index in [0.29, 0.717) is 22.1 Å². The molecule has 4 bridgehead atoms. The fourth-order valence-corrected chi connectivity index (χ4v) is 8.16. The summed E-state index contributed by atoms with van der Waals surface area (Å²) >= 11 is 6.14. The van der Waals surface area contributed by atoms with E-state index in [2.05, 4.69) is 12.2 Å². The summed E-state index contributed by atoms with van der Waals surface area (Å²) in [6, 6.07) is 7.03. The molecule has 2 amide bonds. The Balaban J connectivity index is 1.29. The van der Waals surface area contributed by atoms with Crippen LogP contribution in [-0.2, 0) is 13.0 Å². The Morgan fingerprint density at radius 2 is 1.83 bits per heavy atom. The van der Waals surface area contributed by atoms with Gasteiger partial charge in [0.15, 0.2) is 11.5 Å². The highest BCUT2D eigenvalue weighted by molar-refractivity contribution is 6.31.